The largest absolute Gasteiger partial charge is 0.387 e. The van der Waals surface area contributed by atoms with Gasteiger partial charge in [-0.05, 0) is 32.0 Å². The van der Waals surface area contributed by atoms with Crippen molar-refractivity contribution >= 4 is 0 Å². The Labute approximate surface area is 101 Å². The molecule has 0 aromatic heterocycles. The predicted octanol–water partition coefficient (Wildman–Crippen LogP) is 2.53. The highest BCUT2D eigenvalue weighted by atomic mass is 19.3. The molecule has 1 atom stereocenters. The summed E-state index contributed by atoms with van der Waals surface area (Å²) in [5.74, 6) is 0. The van der Waals surface area contributed by atoms with Gasteiger partial charge >= 0.3 is 0 Å². The van der Waals surface area contributed by atoms with Crippen LogP contribution < -0.4 is 0 Å². The van der Waals surface area contributed by atoms with Crippen molar-refractivity contribution in [2.24, 2.45) is 0 Å². The van der Waals surface area contributed by atoms with E-state index in [1.165, 1.54) is 4.90 Å². The third-order valence-corrected chi connectivity index (χ3v) is 2.73. The zero-order valence-electron chi connectivity index (χ0n) is 10.5. The van der Waals surface area contributed by atoms with Crippen LogP contribution in [0.1, 0.15) is 22.8 Å². The molecule has 0 amide bonds. The highest BCUT2D eigenvalue weighted by Crippen LogP contribution is 2.20. The van der Waals surface area contributed by atoms with Gasteiger partial charge in [-0.2, -0.15) is 0 Å². The third kappa shape index (κ3) is 4.40. The second-order valence-electron chi connectivity index (χ2n) is 4.49. The molecule has 0 fully saturated rings. The lowest BCUT2D eigenvalue weighted by atomic mass is 10.0. The molecule has 0 saturated carbocycles. The molecule has 17 heavy (non-hydrogen) atoms. The summed E-state index contributed by atoms with van der Waals surface area (Å²) in [7, 11) is 1.58. The van der Waals surface area contributed by atoms with Crippen LogP contribution in [0.25, 0.3) is 0 Å². The smallest absolute Gasteiger partial charge is 0.251 e. The van der Waals surface area contributed by atoms with Crippen LogP contribution in [0.3, 0.4) is 0 Å². The summed E-state index contributed by atoms with van der Waals surface area (Å²) in [5.41, 5.74) is 2.85. The zero-order chi connectivity index (χ0) is 13.0. The molecule has 1 N–H and O–H groups in total. The summed E-state index contributed by atoms with van der Waals surface area (Å²) in [6, 6.07) is 5.80. The molecule has 0 spiro atoms. The molecule has 0 aliphatic carbocycles. The number of aliphatic hydroxyl groups excluding tert-OH is 1. The second kappa shape index (κ2) is 6.07. The molecule has 0 bridgehead atoms. The number of nitrogens with zero attached hydrogens (tertiary/aromatic N) is 1. The van der Waals surface area contributed by atoms with Gasteiger partial charge in [0.2, 0.25) is 0 Å². The molecule has 0 aliphatic rings. The summed E-state index contributed by atoms with van der Waals surface area (Å²) in [6.45, 7) is 3.75. The molecule has 96 valence electrons. The van der Waals surface area contributed by atoms with Crippen molar-refractivity contribution in [2.75, 3.05) is 20.1 Å². The van der Waals surface area contributed by atoms with Crippen molar-refractivity contribution in [2.45, 2.75) is 26.4 Å². The van der Waals surface area contributed by atoms with Crippen molar-refractivity contribution < 1.29 is 13.9 Å². The molecular weight excluding hydrogens is 224 g/mol. The fourth-order valence-electron chi connectivity index (χ4n) is 1.82. The zero-order valence-corrected chi connectivity index (χ0v) is 10.5. The van der Waals surface area contributed by atoms with E-state index < -0.39 is 12.5 Å². The Balaban J connectivity index is 2.69. The summed E-state index contributed by atoms with van der Waals surface area (Å²) in [5, 5.41) is 10.0. The van der Waals surface area contributed by atoms with E-state index in [2.05, 4.69) is 0 Å². The number of alkyl halides is 2. The number of benzene rings is 1. The van der Waals surface area contributed by atoms with E-state index in [0.29, 0.717) is 0 Å². The van der Waals surface area contributed by atoms with Crippen LogP contribution in [-0.2, 0) is 0 Å². The lowest BCUT2D eigenvalue weighted by molar-refractivity contribution is 0.0678. The van der Waals surface area contributed by atoms with Crippen LogP contribution >= 0.6 is 0 Å². The minimum atomic E-state index is -2.37. The highest BCUT2D eigenvalue weighted by Gasteiger charge is 2.15. The Morgan fingerprint density at radius 2 is 1.88 bits per heavy atom. The third-order valence-electron chi connectivity index (χ3n) is 2.73. The minimum absolute atomic E-state index is 0.217. The number of halogens is 2. The van der Waals surface area contributed by atoms with Crippen LogP contribution in [0.15, 0.2) is 18.2 Å². The number of hydrogen-bond donors (Lipinski definition) is 1. The fourth-order valence-corrected chi connectivity index (χ4v) is 1.82. The van der Waals surface area contributed by atoms with Gasteiger partial charge in [-0.25, -0.2) is 8.78 Å². The lowest BCUT2D eigenvalue weighted by Gasteiger charge is -2.21. The average molecular weight is 243 g/mol. The Morgan fingerprint density at radius 3 is 2.47 bits per heavy atom. The van der Waals surface area contributed by atoms with Gasteiger partial charge < -0.3 is 5.11 Å². The van der Waals surface area contributed by atoms with Gasteiger partial charge in [-0.15, -0.1) is 0 Å². The fraction of sp³-hybridized carbons (Fsp3) is 0.538. The van der Waals surface area contributed by atoms with Gasteiger partial charge in [-0.3, -0.25) is 4.90 Å². The maximum absolute atomic E-state index is 12.2. The van der Waals surface area contributed by atoms with Crippen LogP contribution in [0.4, 0.5) is 8.78 Å². The van der Waals surface area contributed by atoms with Crippen LogP contribution in [0.2, 0.25) is 0 Å². The van der Waals surface area contributed by atoms with Crippen LogP contribution in [0.5, 0.6) is 0 Å². The van der Waals surface area contributed by atoms with Crippen LogP contribution in [-0.4, -0.2) is 36.6 Å². The Bertz CT molecular complexity index is 368. The first-order chi connectivity index (χ1) is 7.90. The summed E-state index contributed by atoms with van der Waals surface area (Å²) < 4.78 is 24.3. The van der Waals surface area contributed by atoms with Crippen molar-refractivity contribution in [3.8, 4) is 0 Å². The molecule has 1 aromatic carbocycles. The topological polar surface area (TPSA) is 23.5 Å². The molecule has 0 heterocycles. The standard InChI is InChI=1S/C13H19F2NO/c1-9-4-5-10(2)11(6-9)12(17)7-16(3)8-13(14)15/h4-6,12-13,17H,7-8H2,1-3H3. The minimum Gasteiger partial charge on any atom is -0.387 e. The van der Waals surface area contributed by atoms with Crippen molar-refractivity contribution in [1.29, 1.82) is 0 Å². The van der Waals surface area contributed by atoms with Crippen molar-refractivity contribution in [3.05, 3.63) is 34.9 Å². The number of hydrogen-bond acceptors (Lipinski definition) is 2. The molecule has 2 nitrogen and oxygen atoms in total. The van der Waals surface area contributed by atoms with Gasteiger partial charge in [0, 0.05) is 6.54 Å². The van der Waals surface area contributed by atoms with Gasteiger partial charge in [0.1, 0.15) is 0 Å². The van der Waals surface area contributed by atoms with Crippen LogP contribution in [0, 0.1) is 13.8 Å². The molecular formula is C13H19F2NO. The van der Waals surface area contributed by atoms with E-state index in [9.17, 15) is 13.9 Å². The maximum atomic E-state index is 12.2. The number of likely N-dealkylation sites (N-methyl/N-ethyl adjacent to an activating group) is 1. The normalized spacial score (nSPS) is 13.4. The van der Waals surface area contributed by atoms with E-state index in [1.807, 2.05) is 32.0 Å². The van der Waals surface area contributed by atoms with Gasteiger partial charge in [-0.1, -0.05) is 23.8 Å². The van der Waals surface area contributed by atoms with Gasteiger partial charge in [0.25, 0.3) is 6.43 Å². The summed E-state index contributed by atoms with van der Waals surface area (Å²) >= 11 is 0. The summed E-state index contributed by atoms with van der Waals surface area (Å²) in [6.07, 6.45) is -3.09. The maximum Gasteiger partial charge on any atom is 0.251 e. The lowest BCUT2D eigenvalue weighted by Crippen LogP contribution is -2.29. The molecule has 4 heteroatoms. The van der Waals surface area contributed by atoms with Crippen molar-refractivity contribution in [1.82, 2.24) is 4.90 Å². The van der Waals surface area contributed by atoms with Gasteiger partial charge in [0.05, 0.1) is 12.6 Å². The van der Waals surface area contributed by atoms with E-state index in [1.54, 1.807) is 7.05 Å². The molecule has 0 saturated heterocycles. The first-order valence-electron chi connectivity index (χ1n) is 5.62. The Morgan fingerprint density at radius 1 is 1.24 bits per heavy atom. The molecule has 1 aromatic rings. The highest BCUT2D eigenvalue weighted by molar-refractivity contribution is 5.32. The monoisotopic (exact) mass is 243 g/mol. The van der Waals surface area contributed by atoms with Crippen molar-refractivity contribution in [3.63, 3.8) is 0 Å². The predicted molar refractivity (Wildman–Crippen MR) is 64.4 cm³/mol. The quantitative estimate of drug-likeness (QED) is 0.859. The molecule has 0 aliphatic heterocycles. The SMILES string of the molecule is Cc1ccc(C)c(C(O)CN(C)CC(F)F)c1. The first kappa shape index (κ1) is 14.1. The Hall–Kier alpha value is -1.00. The number of aryl methyl sites for hydroxylation is 2. The number of aliphatic hydroxyl groups is 1. The summed E-state index contributed by atoms with van der Waals surface area (Å²) in [4.78, 5) is 1.44. The first-order valence-corrected chi connectivity index (χ1v) is 5.62. The van der Waals surface area contributed by atoms with E-state index in [-0.39, 0.29) is 13.1 Å². The average Bonchev–Trinajstić information content (AvgIpc) is 2.20. The molecule has 1 unspecified atom stereocenters. The molecule has 0 radical (unpaired) electrons. The van der Waals surface area contributed by atoms with E-state index in [0.717, 1.165) is 16.7 Å². The Kier molecular flexibility index (Phi) is 5.02. The van der Waals surface area contributed by atoms with E-state index >= 15 is 0 Å². The second-order valence-corrected chi connectivity index (χ2v) is 4.49. The number of rotatable bonds is 5. The van der Waals surface area contributed by atoms with E-state index in [4.69, 9.17) is 0 Å². The van der Waals surface area contributed by atoms with Gasteiger partial charge in [0.15, 0.2) is 0 Å². The molecule has 1 rings (SSSR count).